The van der Waals surface area contributed by atoms with E-state index >= 15 is 0 Å². The summed E-state index contributed by atoms with van der Waals surface area (Å²) in [4.78, 5) is 4.77. The first-order valence-electron chi connectivity index (χ1n) is 18.6. The molecule has 0 amide bonds. The first-order chi connectivity index (χ1) is 26.5. The van der Waals surface area contributed by atoms with E-state index in [9.17, 15) is 0 Å². The number of fused-ring (bicyclic) bond motifs is 3. The second-order valence-electron chi connectivity index (χ2n) is 14.0. The van der Waals surface area contributed by atoms with E-state index in [1.54, 1.807) is 0 Å². The monoisotopic (exact) mass is 700 g/mol. The Hall–Kier alpha value is -6.72. The van der Waals surface area contributed by atoms with Gasteiger partial charge in [-0.25, -0.2) is 9.67 Å². The Labute approximate surface area is 315 Å². The van der Waals surface area contributed by atoms with Crippen molar-refractivity contribution in [2.75, 3.05) is 0 Å². The maximum Gasteiger partial charge on any atom is 0.137 e. The molecule has 54 heavy (non-hydrogen) atoms. The van der Waals surface area contributed by atoms with Crippen LogP contribution in [0.15, 0.2) is 158 Å². The number of aromatic nitrogens is 4. The van der Waals surface area contributed by atoms with Crippen LogP contribution in [-0.2, 0) is 6.42 Å². The van der Waals surface area contributed by atoms with Crippen LogP contribution in [0.4, 0.5) is 0 Å². The molecule has 5 nitrogen and oxygen atoms in total. The molecule has 0 N–H and O–H groups in total. The van der Waals surface area contributed by atoms with Crippen molar-refractivity contribution in [1.29, 1.82) is 0 Å². The van der Waals surface area contributed by atoms with E-state index in [1.807, 2.05) is 12.3 Å². The van der Waals surface area contributed by atoms with Crippen LogP contribution in [0.3, 0.4) is 0 Å². The largest absolute Gasteiger partial charge is 0.457 e. The van der Waals surface area contributed by atoms with Gasteiger partial charge in [-0.15, -0.1) is 0 Å². The lowest BCUT2D eigenvalue weighted by atomic mass is 9.90. The van der Waals surface area contributed by atoms with Crippen LogP contribution in [0, 0.1) is 20.8 Å². The zero-order valence-corrected chi connectivity index (χ0v) is 30.9. The van der Waals surface area contributed by atoms with Crippen LogP contribution < -0.4 is 4.74 Å². The fourth-order valence-corrected chi connectivity index (χ4v) is 7.78. The summed E-state index contributed by atoms with van der Waals surface area (Å²) >= 11 is 0. The molecule has 3 aromatic heterocycles. The Morgan fingerprint density at radius 1 is 0.574 bits per heavy atom. The van der Waals surface area contributed by atoms with Crippen molar-refractivity contribution in [2.24, 2.45) is 0 Å². The van der Waals surface area contributed by atoms with Crippen LogP contribution in [-0.4, -0.2) is 19.3 Å². The van der Waals surface area contributed by atoms with Gasteiger partial charge in [0.05, 0.1) is 22.4 Å². The summed E-state index contributed by atoms with van der Waals surface area (Å²) in [5.74, 6) is 2.39. The fourth-order valence-electron chi connectivity index (χ4n) is 7.78. The molecular weight excluding hydrogens is 661 g/mol. The summed E-state index contributed by atoms with van der Waals surface area (Å²) in [6.45, 7) is 8.67. The van der Waals surface area contributed by atoms with Gasteiger partial charge in [0.1, 0.15) is 23.0 Å². The molecule has 0 fully saturated rings. The van der Waals surface area contributed by atoms with Crippen LogP contribution in [0.2, 0.25) is 0 Å². The number of hydrogen-bond donors (Lipinski definition) is 0. The third-order valence-corrected chi connectivity index (χ3v) is 10.3. The van der Waals surface area contributed by atoms with Crippen LogP contribution >= 0.6 is 0 Å². The number of nitrogens with zero attached hydrogens (tertiary/aromatic N) is 4. The van der Waals surface area contributed by atoms with Gasteiger partial charge < -0.3 is 4.74 Å². The predicted molar refractivity (Wildman–Crippen MR) is 222 cm³/mol. The number of pyridine rings is 1. The first-order valence-corrected chi connectivity index (χ1v) is 18.6. The van der Waals surface area contributed by atoms with Gasteiger partial charge in [-0.05, 0) is 97.5 Å². The van der Waals surface area contributed by atoms with Gasteiger partial charge in [0.25, 0.3) is 0 Å². The quantitative estimate of drug-likeness (QED) is 0.158. The molecule has 0 spiro atoms. The van der Waals surface area contributed by atoms with E-state index < -0.39 is 0 Å². The number of benzene rings is 6. The molecule has 262 valence electrons. The lowest BCUT2D eigenvalue weighted by Crippen LogP contribution is -2.02. The Morgan fingerprint density at radius 3 is 2.02 bits per heavy atom. The molecule has 0 aliphatic carbocycles. The topological polar surface area (TPSA) is 44.9 Å². The van der Waals surface area contributed by atoms with Crippen molar-refractivity contribution in [3.63, 3.8) is 0 Å². The van der Waals surface area contributed by atoms with Crippen molar-refractivity contribution in [1.82, 2.24) is 19.3 Å². The molecule has 0 saturated heterocycles. The van der Waals surface area contributed by atoms with Gasteiger partial charge in [0.15, 0.2) is 0 Å². The van der Waals surface area contributed by atoms with Gasteiger partial charge in [-0.2, -0.15) is 5.10 Å². The molecule has 9 rings (SSSR count). The lowest BCUT2D eigenvalue weighted by molar-refractivity contribution is 0.482. The van der Waals surface area contributed by atoms with Crippen molar-refractivity contribution in [3.8, 4) is 56.6 Å². The molecule has 9 aromatic rings. The molecule has 3 heterocycles. The summed E-state index contributed by atoms with van der Waals surface area (Å²) in [7, 11) is 0. The smallest absolute Gasteiger partial charge is 0.137 e. The standard InChI is InChI=1S/C49H40N4O/c1-5-35-28-38(30-40(29-35)54-39-23-24-42-41-21-12-13-22-43(41)52(44(42)31-39)45-27-32(2)25-26-50-45)53-49(37-19-10-7-11-20-37)47(46-33(3)15-14-16-34(46)4)48(51-53)36-17-8-6-9-18-36/h6-31H,5H2,1-4H3. The van der Waals surface area contributed by atoms with E-state index in [2.05, 4.69) is 183 Å². The minimum absolute atomic E-state index is 0.753. The molecule has 0 saturated carbocycles. The summed E-state index contributed by atoms with van der Waals surface area (Å²) in [6, 6.07) is 53.2. The zero-order chi connectivity index (χ0) is 36.8. The van der Waals surface area contributed by atoms with Crippen molar-refractivity contribution >= 4 is 21.8 Å². The predicted octanol–water partition coefficient (Wildman–Crippen LogP) is 12.6. The van der Waals surface area contributed by atoms with Gasteiger partial charge in [-0.3, -0.25) is 4.57 Å². The maximum atomic E-state index is 6.82. The Morgan fingerprint density at radius 2 is 1.28 bits per heavy atom. The van der Waals surface area contributed by atoms with E-state index in [-0.39, 0.29) is 0 Å². The highest BCUT2D eigenvalue weighted by atomic mass is 16.5. The van der Waals surface area contributed by atoms with Gasteiger partial charge in [-0.1, -0.05) is 104 Å². The van der Waals surface area contributed by atoms with Crippen molar-refractivity contribution in [3.05, 3.63) is 180 Å². The second kappa shape index (κ2) is 13.7. The highest BCUT2D eigenvalue weighted by Crippen LogP contribution is 2.44. The van der Waals surface area contributed by atoms with E-state index in [0.717, 1.165) is 85.0 Å². The van der Waals surface area contributed by atoms with Crippen LogP contribution in [0.25, 0.3) is 67.0 Å². The Kier molecular flexibility index (Phi) is 8.40. The Balaban J connectivity index is 1.24. The van der Waals surface area contributed by atoms with E-state index in [4.69, 9.17) is 14.8 Å². The molecule has 0 atom stereocenters. The second-order valence-corrected chi connectivity index (χ2v) is 14.0. The van der Waals surface area contributed by atoms with E-state index in [0.29, 0.717) is 0 Å². The number of aryl methyl sites for hydroxylation is 4. The third kappa shape index (κ3) is 5.84. The third-order valence-electron chi connectivity index (χ3n) is 10.3. The van der Waals surface area contributed by atoms with Crippen molar-refractivity contribution in [2.45, 2.75) is 34.1 Å². The molecule has 0 unspecified atom stereocenters. The SMILES string of the molecule is CCc1cc(Oc2ccc3c4ccccc4n(-c4cc(C)ccn4)c3c2)cc(-n2nc(-c3ccccc3)c(-c3c(C)cccc3C)c2-c2ccccc2)c1. The minimum atomic E-state index is 0.753. The van der Waals surface area contributed by atoms with Gasteiger partial charge in [0.2, 0.25) is 0 Å². The number of rotatable bonds is 8. The highest BCUT2D eigenvalue weighted by molar-refractivity contribution is 6.09. The average Bonchev–Trinajstić information content (AvgIpc) is 3.75. The molecule has 5 heteroatoms. The molecule has 0 bridgehead atoms. The normalized spacial score (nSPS) is 11.4. The molecular formula is C49H40N4O. The molecule has 0 aliphatic heterocycles. The molecule has 0 aliphatic rings. The number of para-hydroxylation sites is 1. The molecule has 6 aromatic carbocycles. The van der Waals surface area contributed by atoms with Gasteiger partial charge >= 0.3 is 0 Å². The highest BCUT2D eigenvalue weighted by Gasteiger charge is 2.26. The fraction of sp³-hybridized carbons (Fsp3) is 0.102. The molecule has 0 radical (unpaired) electrons. The van der Waals surface area contributed by atoms with Crippen LogP contribution in [0.5, 0.6) is 11.5 Å². The number of hydrogen-bond acceptors (Lipinski definition) is 3. The first kappa shape index (κ1) is 33.1. The van der Waals surface area contributed by atoms with E-state index in [1.165, 1.54) is 22.1 Å². The van der Waals surface area contributed by atoms with Crippen LogP contribution in [0.1, 0.15) is 29.2 Å². The summed E-state index contributed by atoms with van der Waals surface area (Å²) < 4.78 is 11.2. The minimum Gasteiger partial charge on any atom is -0.457 e. The summed E-state index contributed by atoms with van der Waals surface area (Å²) in [5, 5.41) is 7.81. The lowest BCUT2D eigenvalue weighted by Gasteiger charge is -2.16. The zero-order valence-electron chi connectivity index (χ0n) is 30.9. The summed E-state index contributed by atoms with van der Waals surface area (Å²) in [5.41, 5.74) is 14.3. The maximum absolute atomic E-state index is 6.82. The average molecular weight is 701 g/mol. The number of ether oxygens (including phenoxy) is 1. The Bertz CT molecular complexity index is 2790. The van der Waals surface area contributed by atoms with Gasteiger partial charge in [0, 0.05) is 45.8 Å². The summed E-state index contributed by atoms with van der Waals surface area (Å²) in [6.07, 6.45) is 2.71. The van der Waals surface area contributed by atoms with Crippen molar-refractivity contribution < 1.29 is 4.74 Å².